The number of hydrogen-bond donors (Lipinski definition) is 4. The minimum Gasteiger partial charge on any atom is -0.403 e. The van der Waals surface area contributed by atoms with Gasteiger partial charge in [-0.1, -0.05) is 0 Å². The SMILES string of the molecule is CCn1c(=O)c(/C(=C/N)NN)cc2c(C)nc(N)nc21. The van der Waals surface area contributed by atoms with Gasteiger partial charge in [-0.15, -0.1) is 0 Å². The maximum atomic E-state index is 12.5. The Hall–Kier alpha value is -2.61. The lowest BCUT2D eigenvalue weighted by Gasteiger charge is -2.13. The summed E-state index contributed by atoms with van der Waals surface area (Å²) in [5, 5.41) is 0.727. The molecule has 2 aromatic heterocycles. The Kier molecular flexibility index (Phi) is 3.57. The molecule has 0 aromatic carbocycles. The molecule has 0 aliphatic rings. The Morgan fingerprint density at radius 2 is 2.20 bits per heavy atom. The third-order valence-corrected chi connectivity index (χ3v) is 3.08. The Balaban J connectivity index is 2.95. The largest absolute Gasteiger partial charge is 0.403 e. The third kappa shape index (κ3) is 2.05. The van der Waals surface area contributed by atoms with Crippen LogP contribution < -0.4 is 28.3 Å². The maximum absolute atomic E-state index is 12.5. The van der Waals surface area contributed by atoms with Crippen molar-refractivity contribution in [3.63, 3.8) is 0 Å². The Labute approximate surface area is 115 Å². The lowest BCUT2D eigenvalue weighted by atomic mass is 10.1. The van der Waals surface area contributed by atoms with E-state index >= 15 is 0 Å². The topological polar surface area (TPSA) is 138 Å². The van der Waals surface area contributed by atoms with E-state index in [-0.39, 0.29) is 11.5 Å². The zero-order chi connectivity index (χ0) is 14.9. The molecule has 0 saturated carbocycles. The van der Waals surface area contributed by atoms with Gasteiger partial charge in [-0.25, -0.2) is 4.98 Å². The highest BCUT2D eigenvalue weighted by Crippen LogP contribution is 2.18. The zero-order valence-electron chi connectivity index (χ0n) is 11.3. The normalized spacial score (nSPS) is 11.8. The molecule has 7 N–H and O–H groups in total. The second-order valence-corrected chi connectivity index (χ2v) is 4.24. The van der Waals surface area contributed by atoms with Crippen LogP contribution in [0, 0.1) is 6.92 Å². The van der Waals surface area contributed by atoms with Gasteiger partial charge in [0.05, 0.1) is 17.0 Å². The number of hydrazine groups is 1. The lowest BCUT2D eigenvalue weighted by Crippen LogP contribution is -2.30. The Morgan fingerprint density at radius 3 is 2.75 bits per heavy atom. The van der Waals surface area contributed by atoms with Crippen molar-refractivity contribution in [3.8, 4) is 0 Å². The molecule has 8 heteroatoms. The van der Waals surface area contributed by atoms with E-state index in [0.717, 1.165) is 5.39 Å². The minimum atomic E-state index is -0.243. The molecule has 0 aliphatic carbocycles. The van der Waals surface area contributed by atoms with E-state index in [9.17, 15) is 4.79 Å². The first-order valence-electron chi connectivity index (χ1n) is 6.10. The second-order valence-electron chi connectivity index (χ2n) is 4.24. The molecular weight excluding hydrogens is 258 g/mol. The van der Waals surface area contributed by atoms with Gasteiger partial charge in [-0.3, -0.25) is 15.2 Å². The van der Waals surface area contributed by atoms with Gasteiger partial charge in [-0.05, 0) is 19.9 Å². The third-order valence-electron chi connectivity index (χ3n) is 3.08. The van der Waals surface area contributed by atoms with Gasteiger partial charge in [0, 0.05) is 18.1 Å². The van der Waals surface area contributed by atoms with Crippen molar-refractivity contribution in [3.05, 3.63) is 33.9 Å². The first-order chi connectivity index (χ1) is 9.53. The van der Waals surface area contributed by atoms with Crippen molar-refractivity contribution in [2.24, 2.45) is 11.6 Å². The minimum absolute atomic E-state index is 0.135. The summed E-state index contributed by atoms with van der Waals surface area (Å²) in [7, 11) is 0. The van der Waals surface area contributed by atoms with Crippen LogP contribution in [0.3, 0.4) is 0 Å². The summed E-state index contributed by atoms with van der Waals surface area (Å²) in [6.45, 7) is 4.10. The van der Waals surface area contributed by atoms with Gasteiger partial charge in [0.25, 0.3) is 5.56 Å². The summed E-state index contributed by atoms with van der Waals surface area (Å²) in [5.74, 6) is 5.52. The molecule has 0 unspecified atom stereocenters. The summed E-state index contributed by atoms with van der Waals surface area (Å²) < 4.78 is 1.51. The van der Waals surface area contributed by atoms with E-state index in [2.05, 4.69) is 15.4 Å². The molecule has 0 radical (unpaired) electrons. The lowest BCUT2D eigenvalue weighted by molar-refractivity contribution is 0.744. The molecule has 0 aliphatic heterocycles. The van der Waals surface area contributed by atoms with Gasteiger partial charge in [-0.2, -0.15) is 4.98 Å². The van der Waals surface area contributed by atoms with Gasteiger partial charge >= 0.3 is 0 Å². The zero-order valence-corrected chi connectivity index (χ0v) is 11.3. The van der Waals surface area contributed by atoms with Crippen LogP contribution in [0.15, 0.2) is 17.1 Å². The van der Waals surface area contributed by atoms with Gasteiger partial charge in [0.1, 0.15) is 5.65 Å². The Bertz CT molecular complexity index is 748. The van der Waals surface area contributed by atoms with Crippen LogP contribution in [0.1, 0.15) is 18.2 Å². The molecule has 20 heavy (non-hydrogen) atoms. The number of pyridine rings is 1. The molecule has 8 nitrogen and oxygen atoms in total. The number of anilines is 1. The monoisotopic (exact) mass is 275 g/mol. The number of rotatable bonds is 3. The summed E-state index contributed by atoms with van der Waals surface area (Å²) >= 11 is 0. The van der Waals surface area contributed by atoms with Gasteiger partial charge in [0.15, 0.2) is 0 Å². The van der Waals surface area contributed by atoms with Crippen LogP contribution >= 0.6 is 0 Å². The van der Waals surface area contributed by atoms with E-state index < -0.39 is 0 Å². The summed E-state index contributed by atoms with van der Waals surface area (Å²) in [6.07, 6.45) is 1.25. The summed E-state index contributed by atoms with van der Waals surface area (Å²) in [6, 6.07) is 1.66. The maximum Gasteiger partial charge on any atom is 0.261 e. The molecule has 2 aromatic rings. The number of hydrogen-bond acceptors (Lipinski definition) is 7. The van der Waals surface area contributed by atoms with E-state index in [4.69, 9.17) is 17.3 Å². The molecule has 2 rings (SSSR count). The fourth-order valence-electron chi connectivity index (χ4n) is 2.11. The highest BCUT2D eigenvalue weighted by Gasteiger charge is 2.14. The summed E-state index contributed by atoms with van der Waals surface area (Å²) in [5.41, 5.74) is 15.2. The predicted octanol–water partition coefficient (Wildman–Crippen LogP) is -0.578. The van der Waals surface area contributed by atoms with Crippen LogP contribution in [0.25, 0.3) is 16.7 Å². The number of nitrogens with one attached hydrogen (secondary N) is 1. The van der Waals surface area contributed by atoms with Crippen LogP contribution in [0.4, 0.5) is 5.95 Å². The van der Waals surface area contributed by atoms with Gasteiger partial charge in [0.2, 0.25) is 5.95 Å². The van der Waals surface area contributed by atoms with Crippen LogP contribution in [0.2, 0.25) is 0 Å². The first-order valence-corrected chi connectivity index (χ1v) is 6.10. The number of nitrogens with two attached hydrogens (primary N) is 3. The Morgan fingerprint density at radius 1 is 1.50 bits per heavy atom. The van der Waals surface area contributed by atoms with Crippen molar-refractivity contribution in [1.29, 1.82) is 0 Å². The fraction of sp³-hybridized carbons (Fsp3) is 0.250. The number of nitrogen functional groups attached to an aromatic ring is 1. The number of nitrogens with zero attached hydrogens (tertiary/aromatic N) is 3. The quantitative estimate of drug-likeness (QED) is 0.434. The van der Waals surface area contributed by atoms with Gasteiger partial charge < -0.3 is 16.9 Å². The van der Waals surface area contributed by atoms with E-state index in [1.165, 1.54) is 10.8 Å². The van der Waals surface area contributed by atoms with Crippen molar-refractivity contribution in [2.45, 2.75) is 20.4 Å². The smallest absolute Gasteiger partial charge is 0.261 e. The number of aromatic nitrogens is 3. The first kappa shape index (κ1) is 13.8. The highest BCUT2D eigenvalue weighted by molar-refractivity contribution is 5.82. The van der Waals surface area contributed by atoms with E-state index in [1.54, 1.807) is 13.0 Å². The average Bonchev–Trinajstić information content (AvgIpc) is 2.41. The molecule has 0 spiro atoms. The van der Waals surface area contributed by atoms with Crippen LogP contribution in [-0.2, 0) is 6.54 Å². The van der Waals surface area contributed by atoms with E-state index in [1.807, 2.05) is 6.92 Å². The molecule has 0 fully saturated rings. The summed E-state index contributed by atoms with van der Waals surface area (Å²) in [4.78, 5) is 20.7. The molecule has 0 atom stereocenters. The van der Waals surface area contributed by atoms with Crippen molar-refractivity contribution in [1.82, 2.24) is 20.0 Å². The van der Waals surface area contributed by atoms with Crippen LogP contribution in [0.5, 0.6) is 0 Å². The molecule has 2 heterocycles. The number of fused-ring (bicyclic) bond motifs is 1. The number of aryl methyl sites for hydroxylation is 2. The average molecular weight is 275 g/mol. The molecule has 0 amide bonds. The molecular formula is C12H17N7O. The highest BCUT2D eigenvalue weighted by atomic mass is 16.1. The van der Waals surface area contributed by atoms with Crippen molar-refractivity contribution >= 4 is 22.7 Å². The fourth-order valence-corrected chi connectivity index (χ4v) is 2.11. The van der Waals surface area contributed by atoms with E-state index in [0.29, 0.717) is 29.1 Å². The molecule has 0 saturated heterocycles. The second kappa shape index (κ2) is 5.17. The molecule has 0 bridgehead atoms. The standard InChI is InChI=1S/C12H17N7O/c1-3-19-10-7(6(2)16-12(14)17-10)4-8(11(19)20)9(5-13)18-15/h4-5,18H,3,13,15H2,1-2H3,(H2,14,16,17)/b9-5-. The van der Waals surface area contributed by atoms with Crippen molar-refractivity contribution < 1.29 is 0 Å². The predicted molar refractivity (Wildman–Crippen MR) is 78.1 cm³/mol. The van der Waals surface area contributed by atoms with Crippen molar-refractivity contribution in [2.75, 3.05) is 5.73 Å². The van der Waals surface area contributed by atoms with Crippen LogP contribution in [-0.4, -0.2) is 14.5 Å². The molecule has 106 valence electrons.